The monoisotopic (exact) mass is 254 g/mol. The van der Waals surface area contributed by atoms with Gasteiger partial charge in [0.15, 0.2) is 0 Å². The lowest BCUT2D eigenvalue weighted by molar-refractivity contribution is -0.141. The van der Waals surface area contributed by atoms with Crippen LogP contribution in [-0.2, 0) is 14.3 Å². The van der Waals surface area contributed by atoms with Gasteiger partial charge in [0, 0.05) is 19.6 Å². The summed E-state index contributed by atoms with van der Waals surface area (Å²) in [5, 5.41) is 2.92. The number of nitrogens with zero attached hydrogens (tertiary/aromatic N) is 1. The van der Waals surface area contributed by atoms with Crippen LogP contribution in [0.2, 0.25) is 0 Å². The first-order valence-electron chi connectivity index (χ1n) is 6.83. The lowest BCUT2D eigenvalue weighted by atomic mass is 9.90. The van der Waals surface area contributed by atoms with Crippen LogP contribution in [0.5, 0.6) is 0 Å². The second-order valence-corrected chi connectivity index (χ2v) is 5.10. The zero-order valence-electron chi connectivity index (χ0n) is 11.2. The maximum Gasteiger partial charge on any atom is 0.248 e. The largest absolute Gasteiger partial charge is 0.379 e. The quantitative estimate of drug-likeness (QED) is 0.806. The third-order valence-electron chi connectivity index (χ3n) is 4.18. The molecule has 2 saturated heterocycles. The first-order valence-corrected chi connectivity index (χ1v) is 6.83. The molecule has 0 aromatic heterocycles. The first kappa shape index (κ1) is 13.3. The fourth-order valence-electron chi connectivity index (χ4n) is 2.83. The smallest absolute Gasteiger partial charge is 0.248 e. The third kappa shape index (κ3) is 2.23. The molecule has 102 valence electrons. The van der Waals surface area contributed by atoms with Gasteiger partial charge in [-0.1, -0.05) is 13.8 Å². The molecule has 2 aliphatic rings. The molecule has 2 heterocycles. The second-order valence-electron chi connectivity index (χ2n) is 5.10. The molecule has 0 aromatic carbocycles. The molecule has 5 nitrogen and oxygen atoms in total. The normalized spacial score (nSPS) is 28.1. The van der Waals surface area contributed by atoms with Crippen LogP contribution in [0.3, 0.4) is 0 Å². The van der Waals surface area contributed by atoms with E-state index < -0.39 is 5.54 Å². The molecule has 0 aliphatic carbocycles. The Morgan fingerprint density at radius 2 is 2.11 bits per heavy atom. The fourth-order valence-corrected chi connectivity index (χ4v) is 2.83. The average molecular weight is 254 g/mol. The minimum Gasteiger partial charge on any atom is -0.379 e. The molecule has 0 bridgehead atoms. The zero-order chi connectivity index (χ0) is 13.2. The molecule has 0 aromatic rings. The van der Waals surface area contributed by atoms with Gasteiger partial charge < -0.3 is 15.0 Å². The van der Waals surface area contributed by atoms with E-state index in [1.165, 1.54) is 0 Å². The van der Waals surface area contributed by atoms with Crippen LogP contribution in [0.15, 0.2) is 0 Å². The molecule has 0 spiro atoms. The summed E-state index contributed by atoms with van der Waals surface area (Å²) in [5.41, 5.74) is -0.712. The molecule has 1 atom stereocenters. The van der Waals surface area contributed by atoms with Gasteiger partial charge in [-0.05, 0) is 19.3 Å². The second kappa shape index (κ2) is 5.26. The van der Waals surface area contributed by atoms with E-state index in [9.17, 15) is 9.59 Å². The highest BCUT2D eigenvalue weighted by Gasteiger charge is 2.44. The summed E-state index contributed by atoms with van der Waals surface area (Å²) in [6.07, 6.45) is 2.55. The minimum absolute atomic E-state index is 0.0199. The van der Waals surface area contributed by atoms with Crippen molar-refractivity contribution in [2.45, 2.75) is 51.1 Å². The van der Waals surface area contributed by atoms with Gasteiger partial charge in [0.25, 0.3) is 0 Å². The summed E-state index contributed by atoms with van der Waals surface area (Å²) in [6, 6.07) is 0.141. The molecule has 2 rings (SSSR count). The number of nitrogens with one attached hydrogen (secondary N) is 1. The average Bonchev–Trinajstić information content (AvgIpc) is 2.86. The van der Waals surface area contributed by atoms with E-state index in [4.69, 9.17) is 4.74 Å². The molecule has 18 heavy (non-hydrogen) atoms. The molecule has 2 fully saturated rings. The van der Waals surface area contributed by atoms with Gasteiger partial charge in [-0.3, -0.25) is 9.59 Å². The highest BCUT2D eigenvalue weighted by molar-refractivity contribution is 5.93. The Labute approximate surface area is 108 Å². The molecule has 1 N–H and O–H groups in total. The van der Waals surface area contributed by atoms with Crippen LogP contribution in [-0.4, -0.2) is 48.1 Å². The summed E-state index contributed by atoms with van der Waals surface area (Å²) in [7, 11) is 0. The van der Waals surface area contributed by atoms with Crippen molar-refractivity contribution in [3.63, 3.8) is 0 Å². The van der Waals surface area contributed by atoms with Gasteiger partial charge in [-0.25, -0.2) is 0 Å². The van der Waals surface area contributed by atoms with Gasteiger partial charge in [-0.2, -0.15) is 0 Å². The van der Waals surface area contributed by atoms with Gasteiger partial charge in [0.05, 0.1) is 12.6 Å². The maximum absolute atomic E-state index is 12.7. The molecular formula is C13H22N2O3. The van der Waals surface area contributed by atoms with Gasteiger partial charge in [0.1, 0.15) is 5.54 Å². The lowest BCUT2D eigenvalue weighted by Crippen LogP contribution is -2.58. The van der Waals surface area contributed by atoms with Crippen LogP contribution in [0.25, 0.3) is 0 Å². The van der Waals surface area contributed by atoms with Crippen molar-refractivity contribution in [3.8, 4) is 0 Å². The standard InChI is InChI=1S/C13H22N2O3/c1-3-13(4-2)12(17)15(7-5-11(16)14-13)10-6-8-18-9-10/h10H,3-9H2,1-2H3,(H,14,16). The van der Waals surface area contributed by atoms with E-state index in [1.807, 2.05) is 18.7 Å². The van der Waals surface area contributed by atoms with E-state index in [0.29, 0.717) is 39.0 Å². The van der Waals surface area contributed by atoms with Gasteiger partial charge >= 0.3 is 0 Å². The zero-order valence-corrected chi connectivity index (χ0v) is 11.2. The predicted molar refractivity (Wildman–Crippen MR) is 67.0 cm³/mol. The van der Waals surface area contributed by atoms with E-state index in [1.54, 1.807) is 0 Å². The van der Waals surface area contributed by atoms with E-state index in [-0.39, 0.29) is 17.9 Å². The van der Waals surface area contributed by atoms with Crippen molar-refractivity contribution in [3.05, 3.63) is 0 Å². The summed E-state index contributed by atoms with van der Waals surface area (Å²) >= 11 is 0. The van der Waals surface area contributed by atoms with Crippen LogP contribution in [0.4, 0.5) is 0 Å². The lowest BCUT2D eigenvalue weighted by Gasteiger charge is -2.36. The number of hydrogen-bond acceptors (Lipinski definition) is 3. The number of hydrogen-bond donors (Lipinski definition) is 1. The van der Waals surface area contributed by atoms with E-state index in [0.717, 1.165) is 6.42 Å². The molecule has 5 heteroatoms. The van der Waals surface area contributed by atoms with Crippen molar-refractivity contribution in [2.75, 3.05) is 19.8 Å². The highest BCUT2D eigenvalue weighted by atomic mass is 16.5. The number of amides is 2. The first-order chi connectivity index (χ1) is 8.63. The molecule has 2 amide bonds. The maximum atomic E-state index is 12.7. The summed E-state index contributed by atoms with van der Waals surface area (Å²) in [4.78, 5) is 26.4. The predicted octanol–water partition coefficient (Wildman–Crippen LogP) is 0.683. The van der Waals surface area contributed by atoms with Crippen molar-refractivity contribution in [2.24, 2.45) is 0 Å². The van der Waals surface area contributed by atoms with Crippen molar-refractivity contribution in [1.82, 2.24) is 10.2 Å². The number of carbonyl (C=O) groups is 2. The molecule has 2 aliphatic heterocycles. The Morgan fingerprint density at radius 1 is 1.39 bits per heavy atom. The Hall–Kier alpha value is -1.10. The van der Waals surface area contributed by atoms with Crippen LogP contribution < -0.4 is 5.32 Å². The van der Waals surface area contributed by atoms with Crippen molar-refractivity contribution in [1.29, 1.82) is 0 Å². The highest BCUT2D eigenvalue weighted by Crippen LogP contribution is 2.25. The molecular weight excluding hydrogens is 232 g/mol. The topological polar surface area (TPSA) is 58.6 Å². The van der Waals surface area contributed by atoms with Crippen LogP contribution in [0.1, 0.15) is 39.5 Å². The third-order valence-corrected chi connectivity index (χ3v) is 4.18. The van der Waals surface area contributed by atoms with E-state index in [2.05, 4.69) is 5.32 Å². The Kier molecular flexibility index (Phi) is 3.90. The van der Waals surface area contributed by atoms with Crippen molar-refractivity contribution >= 4 is 11.8 Å². The van der Waals surface area contributed by atoms with Gasteiger partial charge in [-0.15, -0.1) is 0 Å². The Bertz CT molecular complexity index is 333. The SMILES string of the molecule is CCC1(CC)NC(=O)CCN(C2CCOC2)C1=O. The minimum atomic E-state index is -0.712. The number of carbonyl (C=O) groups excluding carboxylic acids is 2. The Balaban J connectivity index is 2.25. The van der Waals surface area contributed by atoms with Gasteiger partial charge in [0.2, 0.25) is 11.8 Å². The fraction of sp³-hybridized carbons (Fsp3) is 0.846. The van der Waals surface area contributed by atoms with Crippen LogP contribution in [0, 0.1) is 0 Å². The Morgan fingerprint density at radius 3 is 2.67 bits per heavy atom. The molecule has 0 saturated carbocycles. The van der Waals surface area contributed by atoms with Crippen LogP contribution >= 0.6 is 0 Å². The van der Waals surface area contributed by atoms with Crippen molar-refractivity contribution < 1.29 is 14.3 Å². The molecule has 0 radical (unpaired) electrons. The number of ether oxygens (including phenoxy) is 1. The summed E-state index contributed by atoms with van der Waals surface area (Å²) in [6.45, 7) is 5.73. The summed E-state index contributed by atoms with van der Waals surface area (Å²) < 4.78 is 5.36. The molecule has 1 unspecified atom stereocenters. The summed E-state index contributed by atoms with van der Waals surface area (Å²) in [5.74, 6) is 0.0438. The number of rotatable bonds is 3. The van der Waals surface area contributed by atoms with E-state index >= 15 is 0 Å².